The second kappa shape index (κ2) is 8.44. The van der Waals surface area contributed by atoms with Crippen LogP contribution in [0.3, 0.4) is 0 Å². The van der Waals surface area contributed by atoms with Crippen molar-refractivity contribution in [3.05, 3.63) is 77.4 Å². The Kier molecular flexibility index (Phi) is 5.56. The third kappa shape index (κ3) is 4.37. The molecule has 1 saturated heterocycles. The number of hydrogen-bond donors (Lipinski definition) is 1. The highest BCUT2D eigenvalue weighted by atomic mass is 19.1. The summed E-state index contributed by atoms with van der Waals surface area (Å²) in [6, 6.07) is 14.4. The molecule has 2 amide bonds. The molecule has 1 fully saturated rings. The van der Waals surface area contributed by atoms with E-state index in [1.54, 1.807) is 19.1 Å². The second-order valence-corrected chi connectivity index (χ2v) is 7.52. The van der Waals surface area contributed by atoms with Crippen LogP contribution in [-0.4, -0.2) is 44.8 Å². The molecule has 30 heavy (non-hydrogen) atoms. The molecule has 2 aromatic carbocycles. The number of benzene rings is 2. The van der Waals surface area contributed by atoms with Crippen molar-refractivity contribution in [2.24, 2.45) is 5.92 Å². The molecule has 7 nitrogen and oxygen atoms in total. The van der Waals surface area contributed by atoms with E-state index in [0.717, 1.165) is 5.56 Å². The van der Waals surface area contributed by atoms with Crippen LogP contribution in [0.5, 0.6) is 0 Å². The Hall–Kier alpha value is -3.55. The number of rotatable bonds is 6. The number of aryl methyl sites for hydroxylation is 1. The topological polar surface area (TPSA) is 80.1 Å². The van der Waals surface area contributed by atoms with Crippen LogP contribution < -0.4 is 5.32 Å². The molecule has 0 radical (unpaired) electrons. The summed E-state index contributed by atoms with van der Waals surface area (Å²) >= 11 is 0. The Morgan fingerprint density at radius 2 is 2.03 bits per heavy atom. The first kappa shape index (κ1) is 19.8. The molecule has 1 N–H and O–H groups in total. The minimum atomic E-state index is -0.353. The van der Waals surface area contributed by atoms with Crippen LogP contribution in [0.4, 0.5) is 4.39 Å². The fraction of sp³-hybridized carbons (Fsp3) is 0.273. The smallest absolute Gasteiger partial charge is 0.273 e. The number of nitrogens with one attached hydrogen (secondary N) is 1. The zero-order valence-electron chi connectivity index (χ0n) is 16.6. The maximum absolute atomic E-state index is 13.4. The van der Waals surface area contributed by atoms with Gasteiger partial charge in [-0.2, -0.15) is 0 Å². The molecule has 1 aromatic heterocycles. The lowest BCUT2D eigenvalue weighted by Crippen LogP contribution is -2.31. The van der Waals surface area contributed by atoms with E-state index >= 15 is 0 Å². The van der Waals surface area contributed by atoms with Gasteiger partial charge in [-0.1, -0.05) is 35.5 Å². The number of carbonyl (C=O) groups excluding carboxylic acids is 2. The molecule has 0 spiro atoms. The number of nitrogens with zero attached hydrogens (tertiary/aromatic N) is 4. The summed E-state index contributed by atoms with van der Waals surface area (Å²) in [5, 5.41) is 10.7. The zero-order chi connectivity index (χ0) is 21.1. The lowest BCUT2D eigenvalue weighted by Gasteiger charge is -2.16. The average Bonchev–Trinajstić information content (AvgIpc) is 3.36. The number of likely N-dealkylation sites (tertiary alicyclic amines) is 1. The maximum Gasteiger partial charge on any atom is 0.273 e. The van der Waals surface area contributed by atoms with E-state index < -0.39 is 0 Å². The SMILES string of the molecule is Cc1cc(-n2cc(C(=O)NCC3CC(=O)N(Cc4ccccc4)C3)nn2)ccc1F. The maximum atomic E-state index is 13.4. The van der Waals surface area contributed by atoms with Crippen LogP contribution in [0, 0.1) is 18.7 Å². The van der Waals surface area contributed by atoms with Gasteiger partial charge in [-0.15, -0.1) is 5.10 Å². The van der Waals surface area contributed by atoms with Gasteiger partial charge in [-0.25, -0.2) is 9.07 Å². The van der Waals surface area contributed by atoms with Gasteiger partial charge in [-0.3, -0.25) is 9.59 Å². The number of carbonyl (C=O) groups is 2. The highest BCUT2D eigenvalue weighted by Gasteiger charge is 2.29. The van der Waals surface area contributed by atoms with Crippen LogP contribution in [0.1, 0.15) is 28.0 Å². The summed E-state index contributed by atoms with van der Waals surface area (Å²) in [5.41, 5.74) is 2.36. The van der Waals surface area contributed by atoms with Gasteiger partial charge in [0.1, 0.15) is 5.82 Å². The average molecular weight is 407 g/mol. The Morgan fingerprint density at radius 3 is 2.80 bits per heavy atom. The minimum Gasteiger partial charge on any atom is -0.350 e. The Labute approximate surface area is 173 Å². The molecular weight excluding hydrogens is 385 g/mol. The molecule has 3 aromatic rings. The summed E-state index contributed by atoms with van der Waals surface area (Å²) in [6.45, 7) is 3.23. The number of aromatic nitrogens is 3. The summed E-state index contributed by atoms with van der Waals surface area (Å²) in [4.78, 5) is 26.5. The Bertz CT molecular complexity index is 1070. The first-order valence-electron chi connectivity index (χ1n) is 9.78. The second-order valence-electron chi connectivity index (χ2n) is 7.52. The molecular formula is C22H22FN5O2. The lowest BCUT2D eigenvalue weighted by molar-refractivity contribution is -0.128. The number of hydrogen-bond acceptors (Lipinski definition) is 4. The predicted molar refractivity (Wildman–Crippen MR) is 108 cm³/mol. The zero-order valence-corrected chi connectivity index (χ0v) is 16.6. The molecule has 4 rings (SSSR count). The van der Waals surface area contributed by atoms with Gasteiger partial charge in [0.25, 0.3) is 5.91 Å². The minimum absolute atomic E-state index is 0.0555. The van der Waals surface area contributed by atoms with Gasteiger partial charge >= 0.3 is 0 Å². The molecule has 0 bridgehead atoms. The standard InChI is InChI=1S/C22H22FN5O2/c1-15-9-18(7-8-19(15)23)28-14-20(25-26-28)22(30)24-11-17-10-21(29)27(13-17)12-16-5-3-2-4-6-16/h2-9,14,17H,10-13H2,1H3,(H,24,30). The van der Waals surface area contributed by atoms with Crippen molar-refractivity contribution in [1.82, 2.24) is 25.2 Å². The molecule has 2 heterocycles. The molecule has 8 heteroatoms. The summed E-state index contributed by atoms with van der Waals surface area (Å²) in [6.07, 6.45) is 1.91. The molecule has 1 unspecified atom stereocenters. The van der Waals surface area contributed by atoms with Crippen LogP contribution in [0.15, 0.2) is 54.7 Å². The molecule has 1 atom stereocenters. The molecule has 0 aliphatic carbocycles. The van der Waals surface area contributed by atoms with E-state index in [1.165, 1.54) is 16.9 Å². The van der Waals surface area contributed by atoms with Gasteiger partial charge in [0.05, 0.1) is 11.9 Å². The first-order chi connectivity index (χ1) is 14.5. The van der Waals surface area contributed by atoms with Crippen molar-refractivity contribution in [2.45, 2.75) is 19.9 Å². The summed E-state index contributed by atoms with van der Waals surface area (Å²) in [7, 11) is 0. The van der Waals surface area contributed by atoms with Gasteiger partial charge in [0.2, 0.25) is 5.91 Å². The van der Waals surface area contributed by atoms with E-state index in [0.29, 0.717) is 37.3 Å². The largest absolute Gasteiger partial charge is 0.350 e. The normalized spacial score (nSPS) is 16.1. The quantitative estimate of drug-likeness (QED) is 0.681. The van der Waals surface area contributed by atoms with E-state index in [1.807, 2.05) is 35.2 Å². The van der Waals surface area contributed by atoms with Crippen molar-refractivity contribution in [3.63, 3.8) is 0 Å². The Morgan fingerprint density at radius 1 is 1.23 bits per heavy atom. The van der Waals surface area contributed by atoms with Crippen molar-refractivity contribution < 1.29 is 14.0 Å². The Balaban J connectivity index is 1.32. The summed E-state index contributed by atoms with van der Waals surface area (Å²) in [5.74, 6) is -0.506. The first-order valence-corrected chi connectivity index (χ1v) is 9.78. The monoisotopic (exact) mass is 407 g/mol. The van der Waals surface area contributed by atoms with Crippen LogP contribution in [0.25, 0.3) is 5.69 Å². The predicted octanol–water partition coefficient (Wildman–Crippen LogP) is 2.49. The van der Waals surface area contributed by atoms with Crippen molar-refractivity contribution in [2.75, 3.05) is 13.1 Å². The molecule has 1 aliphatic heterocycles. The molecule has 0 saturated carbocycles. The van der Waals surface area contributed by atoms with E-state index in [-0.39, 0.29) is 29.2 Å². The van der Waals surface area contributed by atoms with Gasteiger partial charge in [-0.05, 0) is 36.2 Å². The van der Waals surface area contributed by atoms with E-state index in [2.05, 4.69) is 15.6 Å². The highest BCUT2D eigenvalue weighted by molar-refractivity contribution is 5.92. The fourth-order valence-electron chi connectivity index (χ4n) is 3.54. The van der Waals surface area contributed by atoms with Crippen LogP contribution >= 0.6 is 0 Å². The third-order valence-corrected chi connectivity index (χ3v) is 5.19. The third-order valence-electron chi connectivity index (χ3n) is 5.19. The van der Waals surface area contributed by atoms with Crippen molar-refractivity contribution in [3.8, 4) is 5.69 Å². The van der Waals surface area contributed by atoms with Crippen LogP contribution in [-0.2, 0) is 11.3 Å². The number of amides is 2. The van der Waals surface area contributed by atoms with Crippen molar-refractivity contribution >= 4 is 11.8 Å². The van der Waals surface area contributed by atoms with Gasteiger partial charge in [0.15, 0.2) is 5.69 Å². The van der Waals surface area contributed by atoms with Gasteiger partial charge in [0, 0.05) is 32.0 Å². The van der Waals surface area contributed by atoms with E-state index in [9.17, 15) is 14.0 Å². The van der Waals surface area contributed by atoms with Crippen LogP contribution in [0.2, 0.25) is 0 Å². The highest BCUT2D eigenvalue weighted by Crippen LogP contribution is 2.20. The number of halogens is 1. The van der Waals surface area contributed by atoms with E-state index in [4.69, 9.17) is 0 Å². The van der Waals surface area contributed by atoms with Crippen molar-refractivity contribution in [1.29, 1.82) is 0 Å². The van der Waals surface area contributed by atoms with Gasteiger partial charge < -0.3 is 10.2 Å². The molecule has 154 valence electrons. The lowest BCUT2D eigenvalue weighted by atomic mass is 10.1. The summed E-state index contributed by atoms with van der Waals surface area (Å²) < 4.78 is 14.9. The molecule has 1 aliphatic rings. The fourth-order valence-corrected chi connectivity index (χ4v) is 3.54.